The van der Waals surface area contributed by atoms with E-state index in [1.807, 2.05) is 49.4 Å². The van der Waals surface area contributed by atoms with Crippen molar-refractivity contribution < 1.29 is 4.39 Å². The first-order chi connectivity index (χ1) is 14.6. The largest absolute Gasteiger partial charge is 0.311 e. The predicted molar refractivity (Wildman–Crippen MR) is 122 cm³/mol. The molecule has 3 nitrogen and oxygen atoms in total. The lowest BCUT2D eigenvalue weighted by atomic mass is 10.1. The molecule has 1 heterocycles. The van der Waals surface area contributed by atoms with E-state index >= 15 is 0 Å². The normalized spacial score (nSPS) is 12.4. The van der Waals surface area contributed by atoms with Crippen molar-refractivity contribution in [3.8, 4) is 11.3 Å². The molecule has 0 N–H and O–H groups in total. The van der Waals surface area contributed by atoms with Crippen LogP contribution in [-0.4, -0.2) is 10.3 Å². The summed E-state index contributed by atoms with van der Waals surface area (Å²) in [6, 6.07) is 24.3. The van der Waals surface area contributed by atoms with Gasteiger partial charge in [-0.3, -0.25) is 0 Å². The fourth-order valence-corrected chi connectivity index (χ4v) is 4.03. The van der Waals surface area contributed by atoms with E-state index < -0.39 is 0 Å². The van der Waals surface area contributed by atoms with Crippen LogP contribution in [0.3, 0.4) is 0 Å². The number of rotatable bonds is 5. The Bertz CT molecular complexity index is 1220. The van der Waals surface area contributed by atoms with Crippen LogP contribution in [0.4, 0.5) is 4.39 Å². The molecule has 30 heavy (non-hydrogen) atoms. The molecule has 0 aliphatic heterocycles. The van der Waals surface area contributed by atoms with Gasteiger partial charge in [-0.05, 0) is 47.9 Å². The molecule has 6 heteroatoms. The summed E-state index contributed by atoms with van der Waals surface area (Å²) >= 11 is 7.59. The van der Waals surface area contributed by atoms with Crippen molar-refractivity contribution in [1.29, 1.82) is 0 Å². The summed E-state index contributed by atoms with van der Waals surface area (Å²) in [7, 11) is 0. The average molecular weight is 436 g/mol. The lowest BCUT2D eigenvalue weighted by Gasteiger charge is -2.09. The van der Waals surface area contributed by atoms with Gasteiger partial charge in [-0.25, -0.2) is 4.39 Å². The van der Waals surface area contributed by atoms with E-state index in [2.05, 4.69) is 32.3 Å². The van der Waals surface area contributed by atoms with Gasteiger partial charge in [0.25, 0.3) is 0 Å². The minimum absolute atomic E-state index is 0.268. The van der Waals surface area contributed by atoms with Gasteiger partial charge in [0.2, 0.25) is 4.80 Å². The van der Waals surface area contributed by atoms with Crippen LogP contribution in [0.15, 0.2) is 94.4 Å². The molecule has 0 amide bonds. The summed E-state index contributed by atoms with van der Waals surface area (Å²) in [4.78, 5) is 0.783. The molecule has 0 radical (unpaired) electrons. The molecule has 1 aromatic heterocycles. The molecule has 0 fully saturated rings. The Kier molecular flexibility index (Phi) is 6.21. The maximum Gasteiger partial charge on any atom is 0.211 e. The van der Waals surface area contributed by atoms with Gasteiger partial charge in [0, 0.05) is 10.4 Å². The highest BCUT2D eigenvalue weighted by Crippen LogP contribution is 2.23. The Balaban J connectivity index is 1.77. The molecule has 4 aromatic rings. The van der Waals surface area contributed by atoms with Gasteiger partial charge in [-0.1, -0.05) is 66.2 Å². The highest BCUT2D eigenvalue weighted by atomic mass is 35.5. The Hall–Kier alpha value is -3.02. The van der Waals surface area contributed by atoms with Crippen LogP contribution in [0.2, 0.25) is 5.02 Å². The summed E-state index contributed by atoms with van der Waals surface area (Å²) in [5.41, 5.74) is 4.85. The van der Waals surface area contributed by atoms with E-state index in [4.69, 9.17) is 11.6 Å². The third kappa shape index (κ3) is 4.75. The molecule has 0 aliphatic carbocycles. The maximum absolute atomic E-state index is 13.2. The van der Waals surface area contributed by atoms with E-state index in [1.54, 1.807) is 12.1 Å². The monoisotopic (exact) mass is 435 g/mol. The summed E-state index contributed by atoms with van der Waals surface area (Å²) in [6.45, 7) is 2.54. The third-order valence-electron chi connectivity index (χ3n) is 4.67. The van der Waals surface area contributed by atoms with Gasteiger partial charge in [0.15, 0.2) is 0 Å². The summed E-state index contributed by atoms with van der Waals surface area (Å²) in [5, 5.41) is 11.7. The second-order valence-electron chi connectivity index (χ2n) is 6.77. The zero-order valence-corrected chi connectivity index (χ0v) is 17.9. The van der Waals surface area contributed by atoms with Crippen LogP contribution < -0.4 is 4.80 Å². The van der Waals surface area contributed by atoms with E-state index in [0.717, 1.165) is 27.3 Å². The average Bonchev–Trinajstić information content (AvgIpc) is 3.16. The Morgan fingerprint density at radius 3 is 2.37 bits per heavy atom. The SMILES string of the molecule is C/C(=N/N=c1/scc(-c2ccc(Cl)cc2)n1Cc1ccccc1)c1ccc(F)cc1. The van der Waals surface area contributed by atoms with Crippen LogP contribution in [0.5, 0.6) is 0 Å². The molecule has 3 aromatic carbocycles. The number of nitrogens with zero attached hydrogens (tertiary/aromatic N) is 3. The number of thiazole rings is 1. The molecule has 0 spiro atoms. The van der Waals surface area contributed by atoms with Crippen molar-refractivity contribution in [2.75, 3.05) is 0 Å². The highest BCUT2D eigenvalue weighted by Gasteiger charge is 2.09. The Morgan fingerprint density at radius 2 is 1.67 bits per heavy atom. The minimum atomic E-state index is -0.268. The maximum atomic E-state index is 13.2. The van der Waals surface area contributed by atoms with Gasteiger partial charge in [0.05, 0.1) is 18.0 Å². The van der Waals surface area contributed by atoms with E-state index in [9.17, 15) is 4.39 Å². The number of hydrogen-bond acceptors (Lipinski definition) is 3. The topological polar surface area (TPSA) is 29.6 Å². The van der Waals surface area contributed by atoms with Crippen molar-refractivity contribution in [2.24, 2.45) is 10.2 Å². The van der Waals surface area contributed by atoms with Gasteiger partial charge in [0.1, 0.15) is 5.82 Å². The van der Waals surface area contributed by atoms with Crippen molar-refractivity contribution in [3.05, 3.63) is 111 Å². The molecule has 0 saturated heterocycles. The summed E-state index contributed by atoms with van der Waals surface area (Å²) in [6.07, 6.45) is 0. The molecule has 0 aliphatic rings. The molecular weight excluding hydrogens is 417 g/mol. The Labute approximate surface area is 183 Å². The lowest BCUT2D eigenvalue weighted by molar-refractivity contribution is 0.628. The van der Waals surface area contributed by atoms with Crippen molar-refractivity contribution in [2.45, 2.75) is 13.5 Å². The van der Waals surface area contributed by atoms with Crippen LogP contribution >= 0.6 is 22.9 Å². The zero-order chi connectivity index (χ0) is 20.9. The number of halogens is 2. The van der Waals surface area contributed by atoms with Crippen LogP contribution in [0.1, 0.15) is 18.1 Å². The molecule has 4 rings (SSSR count). The quantitative estimate of drug-likeness (QED) is 0.257. The molecule has 150 valence electrons. The molecule has 0 unspecified atom stereocenters. The number of benzene rings is 3. The number of aromatic nitrogens is 1. The zero-order valence-electron chi connectivity index (χ0n) is 16.3. The second-order valence-corrected chi connectivity index (χ2v) is 8.05. The minimum Gasteiger partial charge on any atom is -0.311 e. The first-order valence-corrected chi connectivity index (χ1v) is 10.7. The lowest BCUT2D eigenvalue weighted by Crippen LogP contribution is -2.16. The van der Waals surface area contributed by atoms with Crippen molar-refractivity contribution in [1.82, 2.24) is 4.57 Å². The molecule has 0 atom stereocenters. The van der Waals surface area contributed by atoms with Gasteiger partial charge in [-0.2, -0.15) is 5.10 Å². The van der Waals surface area contributed by atoms with Crippen molar-refractivity contribution >= 4 is 28.6 Å². The highest BCUT2D eigenvalue weighted by molar-refractivity contribution is 7.07. The summed E-state index contributed by atoms with van der Waals surface area (Å²) < 4.78 is 15.3. The first kappa shape index (κ1) is 20.3. The fourth-order valence-electron chi connectivity index (χ4n) is 3.05. The standard InChI is InChI=1S/C24H19ClFN3S/c1-17(19-9-13-22(26)14-10-19)27-28-24-29(15-18-5-3-2-4-6-18)23(16-30-24)20-7-11-21(25)12-8-20/h2-14,16H,15H2,1H3/b27-17-,28-24+. The molecule has 0 bridgehead atoms. The van der Waals surface area contributed by atoms with E-state index in [-0.39, 0.29) is 5.82 Å². The second kappa shape index (κ2) is 9.20. The molecular formula is C24H19ClFN3S. The fraction of sp³-hybridized carbons (Fsp3) is 0.0833. The van der Waals surface area contributed by atoms with E-state index in [0.29, 0.717) is 11.6 Å². The number of hydrogen-bond donors (Lipinski definition) is 0. The molecule has 0 saturated carbocycles. The Morgan fingerprint density at radius 1 is 0.967 bits per heavy atom. The van der Waals surface area contributed by atoms with Gasteiger partial charge in [-0.15, -0.1) is 16.4 Å². The van der Waals surface area contributed by atoms with Crippen LogP contribution in [-0.2, 0) is 6.54 Å². The van der Waals surface area contributed by atoms with Gasteiger partial charge < -0.3 is 4.57 Å². The third-order valence-corrected chi connectivity index (χ3v) is 5.77. The van der Waals surface area contributed by atoms with Crippen LogP contribution in [0, 0.1) is 5.82 Å². The smallest absolute Gasteiger partial charge is 0.211 e. The first-order valence-electron chi connectivity index (χ1n) is 9.42. The van der Waals surface area contributed by atoms with Crippen LogP contribution in [0.25, 0.3) is 11.3 Å². The summed E-state index contributed by atoms with van der Waals surface area (Å²) in [5.74, 6) is -0.268. The predicted octanol–water partition coefficient (Wildman–Crippen LogP) is 6.38. The van der Waals surface area contributed by atoms with E-state index in [1.165, 1.54) is 29.0 Å². The van der Waals surface area contributed by atoms with Crippen molar-refractivity contribution in [3.63, 3.8) is 0 Å². The van der Waals surface area contributed by atoms with Gasteiger partial charge >= 0.3 is 0 Å².